The van der Waals surface area contributed by atoms with E-state index in [-0.39, 0.29) is 30.8 Å². The molecule has 0 saturated carbocycles. The lowest BCUT2D eigenvalue weighted by atomic mass is 10.1. The monoisotopic (exact) mass is 482 g/mol. The van der Waals surface area contributed by atoms with Gasteiger partial charge in [-0.1, -0.05) is 28.1 Å². The highest BCUT2D eigenvalue weighted by Gasteiger charge is 2.28. The number of benzene rings is 3. The molecule has 31 heavy (non-hydrogen) atoms. The Balaban J connectivity index is 1.35. The van der Waals surface area contributed by atoms with Crippen LogP contribution in [0.4, 0.5) is 4.39 Å². The van der Waals surface area contributed by atoms with Gasteiger partial charge in [-0.2, -0.15) is 0 Å². The maximum Gasteiger partial charge on any atom is 0.231 e. The van der Waals surface area contributed by atoms with Crippen LogP contribution < -0.4 is 14.2 Å². The van der Waals surface area contributed by atoms with Gasteiger partial charge in [0.05, 0.1) is 12.2 Å². The maximum atomic E-state index is 13.4. The first-order valence-electron chi connectivity index (χ1n) is 9.55. The molecule has 0 radical (unpaired) electrons. The average molecular weight is 483 g/mol. The SMILES string of the molecule is O=C1/C(=C/c2cccc(F)c2)Oc2cc(OCc3cc(Br)cc4c3OCOC4)ccc21. The van der Waals surface area contributed by atoms with Gasteiger partial charge in [0.2, 0.25) is 5.78 Å². The van der Waals surface area contributed by atoms with Crippen molar-refractivity contribution in [2.75, 3.05) is 6.79 Å². The summed E-state index contributed by atoms with van der Waals surface area (Å²) in [7, 11) is 0. The quantitative estimate of drug-likeness (QED) is 0.449. The second-order valence-corrected chi connectivity index (χ2v) is 8.02. The van der Waals surface area contributed by atoms with Crippen LogP contribution in [0.2, 0.25) is 0 Å². The molecule has 0 unspecified atom stereocenters. The first kappa shape index (κ1) is 19.8. The summed E-state index contributed by atoms with van der Waals surface area (Å²) in [5, 5.41) is 0. The van der Waals surface area contributed by atoms with Crippen molar-refractivity contribution in [3.63, 3.8) is 0 Å². The summed E-state index contributed by atoms with van der Waals surface area (Å²) in [4.78, 5) is 12.6. The minimum atomic E-state index is -0.377. The Morgan fingerprint density at radius 1 is 1.13 bits per heavy atom. The van der Waals surface area contributed by atoms with Gasteiger partial charge in [-0.15, -0.1) is 0 Å². The lowest BCUT2D eigenvalue weighted by molar-refractivity contribution is -0.0176. The highest BCUT2D eigenvalue weighted by molar-refractivity contribution is 9.10. The van der Waals surface area contributed by atoms with Crippen molar-refractivity contribution in [2.45, 2.75) is 13.2 Å². The highest BCUT2D eigenvalue weighted by Crippen LogP contribution is 2.36. The van der Waals surface area contributed by atoms with Gasteiger partial charge in [0.25, 0.3) is 0 Å². The zero-order valence-electron chi connectivity index (χ0n) is 16.2. The Morgan fingerprint density at radius 2 is 2.03 bits per heavy atom. The first-order valence-corrected chi connectivity index (χ1v) is 10.3. The predicted octanol–water partition coefficient (Wildman–Crippen LogP) is 5.65. The van der Waals surface area contributed by atoms with Gasteiger partial charge in [-0.25, -0.2) is 4.39 Å². The number of Topliss-reactive ketones (excluding diaryl/α,β-unsaturated/α-hetero) is 1. The van der Waals surface area contributed by atoms with Gasteiger partial charge in [-0.05, 0) is 48.0 Å². The Hall–Kier alpha value is -3.16. The van der Waals surface area contributed by atoms with Crippen LogP contribution in [0.3, 0.4) is 0 Å². The molecule has 5 rings (SSSR count). The number of hydrogen-bond donors (Lipinski definition) is 0. The summed E-state index contributed by atoms with van der Waals surface area (Å²) in [6.07, 6.45) is 1.53. The number of ether oxygens (including phenoxy) is 4. The van der Waals surface area contributed by atoms with Crippen LogP contribution in [-0.2, 0) is 18.0 Å². The van der Waals surface area contributed by atoms with Crippen molar-refractivity contribution in [1.82, 2.24) is 0 Å². The zero-order chi connectivity index (χ0) is 21.4. The molecule has 0 atom stereocenters. The van der Waals surface area contributed by atoms with E-state index in [1.165, 1.54) is 18.2 Å². The van der Waals surface area contributed by atoms with Crippen molar-refractivity contribution in [1.29, 1.82) is 0 Å². The van der Waals surface area contributed by atoms with E-state index >= 15 is 0 Å². The predicted molar refractivity (Wildman–Crippen MR) is 115 cm³/mol. The van der Waals surface area contributed by atoms with Gasteiger partial charge in [0, 0.05) is 21.7 Å². The molecule has 3 aromatic carbocycles. The Kier molecular flexibility index (Phi) is 5.21. The van der Waals surface area contributed by atoms with Crippen molar-refractivity contribution in [2.24, 2.45) is 0 Å². The number of ketones is 1. The van der Waals surface area contributed by atoms with Gasteiger partial charge in [0.15, 0.2) is 12.6 Å². The normalized spacial score (nSPS) is 15.8. The van der Waals surface area contributed by atoms with Crippen molar-refractivity contribution >= 4 is 27.8 Å². The van der Waals surface area contributed by atoms with Crippen LogP contribution in [0, 0.1) is 5.82 Å². The summed E-state index contributed by atoms with van der Waals surface area (Å²) < 4.78 is 37.0. The van der Waals surface area contributed by atoms with Gasteiger partial charge in [-0.3, -0.25) is 4.79 Å². The summed E-state index contributed by atoms with van der Waals surface area (Å²) >= 11 is 3.50. The van der Waals surface area contributed by atoms with Crippen LogP contribution in [0.1, 0.15) is 27.0 Å². The molecule has 0 fully saturated rings. The minimum Gasteiger partial charge on any atom is -0.489 e. The third-order valence-electron chi connectivity index (χ3n) is 4.93. The van der Waals surface area contributed by atoms with E-state index in [1.807, 2.05) is 12.1 Å². The number of halogens is 2. The fourth-order valence-corrected chi connectivity index (χ4v) is 4.08. The number of carbonyl (C=O) groups is 1. The van der Waals surface area contributed by atoms with E-state index in [4.69, 9.17) is 18.9 Å². The lowest BCUT2D eigenvalue weighted by Crippen LogP contribution is -2.14. The van der Waals surface area contributed by atoms with Crippen molar-refractivity contribution in [3.05, 3.63) is 92.9 Å². The number of carbonyl (C=O) groups excluding carboxylic acids is 1. The van der Waals surface area contributed by atoms with Crippen LogP contribution in [0.15, 0.2) is 64.8 Å². The molecule has 0 spiro atoms. The topological polar surface area (TPSA) is 54.0 Å². The van der Waals surface area contributed by atoms with E-state index in [9.17, 15) is 9.18 Å². The Morgan fingerprint density at radius 3 is 2.90 bits per heavy atom. The number of fused-ring (bicyclic) bond motifs is 2. The molecule has 2 heterocycles. The van der Waals surface area contributed by atoms with Gasteiger partial charge < -0.3 is 18.9 Å². The largest absolute Gasteiger partial charge is 0.489 e. The molecule has 2 aliphatic rings. The average Bonchev–Trinajstić information content (AvgIpc) is 3.06. The zero-order valence-corrected chi connectivity index (χ0v) is 17.8. The Bertz CT molecular complexity index is 1220. The highest BCUT2D eigenvalue weighted by atomic mass is 79.9. The lowest BCUT2D eigenvalue weighted by Gasteiger charge is -2.21. The second-order valence-electron chi connectivity index (χ2n) is 7.11. The van der Waals surface area contributed by atoms with Crippen molar-refractivity contribution < 1.29 is 28.1 Å². The standard InChI is InChI=1S/C24H16BrFO5/c25-17-8-15-11-28-13-30-24(15)16(9-17)12-29-19-4-5-20-21(10-19)31-22(23(20)27)7-14-2-1-3-18(26)6-14/h1-10H,11-13H2/b22-7-. The van der Waals surface area contributed by atoms with E-state index in [0.29, 0.717) is 29.2 Å². The summed E-state index contributed by atoms with van der Waals surface area (Å²) in [5.74, 6) is 1.25. The van der Waals surface area contributed by atoms with Crippen LogP contribution in [-0.4, -0.2) is 12.6 Å². The number of hydrogen-bond acceptors (Lipinski definition) is 5. The van der Waals surface area contributed by atoms with E-state index < -0.39 is 0 Å². The number of rotatable bonds is 4. The third kappa shape index (κ3) is 4.06. The Labute approximate surface area is 186 Å². The molecule has 0 amide bonds. The molecule has 0 aliphatic carbocycles. The molecule has 7 heteroatoms. The first-order chi connectivity index (χ1) is 15.1. The third-order valence-corrected chi connectivity index (χ3v) is 5.39. The summed E-state index contributed by atoms with van der Waals surface area (Å²) in [6.45, 7) is 0.967. The smallest absolute Gasteiger partial charge is 0.231 e. The molecule has 2 aliphatic heterocycles. The van der Waals surface area contributed by atoms with E-state index in [1.54, 1.807) is 30.3 Å². The molecule has 0 aromatic heterocycles. The molecule has 3 aromatic rings. The van der Waals surface area contributed by atoms with Gasteiger partial charge in [0.1, 0.15) is 29.7 Å². The second kappa shape index (κ2) is 8.17. The molecular weight excluding hydrogens is 467 g/mol. The molecule has 0 saturated heterocycles. The van der Waals surface area contributed by atoms with Crippen LogP contribution >= 0.6 is 15.9 Å². The summed E-state index contributed by atoms with van der Waals surface area (Å²) in [5.41, 5.74) is 2.83. The molecule has 156 valence electrons. The molecular formula is C24H16BrFO5. The van der Waals surface area contributed by atoms with Crippen molar-refractivity contribution in [3.8, 4) is 17.2 Å². The van der Waals surface area contributed by atoms with Gasteiger partial charge >= 0.3 is 0 Å². The summed E-state index contributed by atoms with van der Waals surface area (Å²) in [6, 6.07) is 14.9. The molecule has 0 N–H and O–H groups in total. The van der Waals surface area contributed by atoms with Crippen LogP contribution in [0.5, 0.6) is 17.2 Å². The minimum absolute atomic E-state index is 0.146. The van der Waals surface area contributed by atoms with E-state index in [0.717, 1.165) is 21.3 Å². The van der Waals surface area contributed by atoms with E-state index in [2.05, 4.69) is 15.9 Å². The maximum absolute atomic E-state index is 13.4. The van der Waals surface area contributed by atoms with Crippen LogP contribution in [0.25, 0.3) is 6.08 Å². The number of allylic oxidation sites excluding steroid dienone is 1. The molecule has 5 nitrogen and oxygen atoms in total. The fourth-order valence-electron chi connectivity index (χ4n) is 3.53. The fraction of sp³-hybridized carbons (Fsp3) is 0.125. The molecule has 0 bridgehead atoms.